The molecule has 0 saturated heterocycles. The smallest absolute Gasteiger partial charge is 0.119 e. The molecule has 2 nitrogen and oxygen atoms in total. The van der Waals surface area contributed by atoms with Gasteiger partial charge in [-0.15, -0.1) is 6.58 Å². The molecule has 0 heterocycles. The number of nitrogens with one attached hydrogen (secondary N) is 1. The van der Waals surface area contributed by atoms with E-state index in [0.29, 0.717) is 6.04 Å². The second-order valence-corrected chi connectivity index (χ2v) is 5.60. The Morgan fingerprint density at radius 1 is 1.35 bits per heavy atom. The predicted octanol–water partition coefficient (Wildman–Crippen LogP) is 4.49. The van der Waals surface area contributed by atoms with Crippen LogP contribution in [0.3, 0.4) is 0 Å². The third-order valence-corrected chi connectivity index (χ3v) is 3.33. The number of aryl methyl sites for hydroxylation is 1. The molecule has 1 atom stereocenters. The van der Waals surface area contributed by atoms with E-state index in [9.17, 15) is 0 Å². The van der Waals surface area contributed by atoms with E-state index in [1.807, 2.05) is 12.1 Å². The molecule has 1 aromatic rings. The molecule has 1 unspecified atom stereocenters. The molecule has 0 aliphatic carbocycles. The maximum atomic E-state index is 5.84. The van der Waals surface area contributed by atoms with Crippen molar-refractivity contribution in [2.75, 3.05) is 13.2 Å². The summed E-state index contributed by atoms with van der Waals surface area (Å²) in [7, 11) is 0. The lowest BCUT2D eigenvalue weighted by Gasteiger charge is -2.19. The van der Waals surface area contributed by atoms with Crippen LogP contribution < -0.4 is 10.1 Å². The molecule has 0 aliphatic rings. The first-order valence-electron chi connectivity index (χ1n) is 7.69. The molecular formula is C18H29NO. The third kappa shape index (κ3) is 7.34. The lowest BCUT2D eigenvalue weighted by atomic mass is 10.0. The summed E-state index contributed by atoms with van der Waals surface area (Å²) in [5.74, 6) is 0.971. The van der Waals surface area contributed by atoms with Gasteiger partial charge in [0.05, 0.1) is 6.61 Å². The van der Waals surface area contributed by atoms with Crippen LogP contribution in [0.25, 0.3) is 0 Å². The molecule has 0 aromatic heterocycles. The number of benzene rings is 1. The van der Waals surface area contributed by atoms with Crippen molar-refractivity contribution in [1.82, 2.24) is 5.32 Å². The van der Waals surface area contributed by atoms with E-state index in [0.717, 1.165) is 38.2 Å². The van der Waals surface area contributed by atoms with Crippen LogP contribution in [0.4, 0.5) is 0 Å². The second-order valence-electron chi connectivity index (χ2n) is 5.60. The maximum absolute atomic E-state index is 5.84. The summed E-state index contributed by atoms with van der Waals surface area (Å²) in [6.07, 6.45) is 4.45. The lowest BCUT2D eigenvalue weighted by Crippen LogP contribution is -2.31. The summed E-state index contributed by atoms with van der Waals surface area (Å²) in [5.41, 5.74) is 2.50. The van der Waals surface area contributed by atoms with Gasteiger partial charge in [0.2, 0.25) is 0 Å². The Balaban J connectivity index is 2.34. The molecule has 0 spiro atoms. The highest BCUT2D eigenvalue weighted by Crippen LogP contribution is 2.14. The number of ether oxygens (including phenoxy) is 1. The van der Waals surface area contributed by atoms with Gasteiger partial charge in [0, 0.05) is 6.04 Å². The molecule has 1 aromatic carbocycles. The van der Waals surface area contributed by atoms with Gasteiger partial charge >= 0.3 is 0 Å². The first kappa shape index (κ1) is 16.8. The van der Waals surface area contributed by atoms with E-state index in [4.69, 9.17) is 4.74 Å². The zero-order valence-corrected chi connectivity index (χ0v) is 13.2. The Kier molecular flexibility index (Phi) is 8.05. The van der Waals surface area contributed by atoms with Crippen molar-refractivity contribution >= 4 is 0 Å². The van der Waals surface area contributed by atoms with Crippen molar-refractivity contribution in [2.45, 2.75) is 52.5 Å². The third-order valence-electron chi connectivity index (χ3n) is 3.33. The minimum atomic E-state index is 0.524. The lowest BCUT2D eigenvalue weighted by molar-refractivity contribution is 0.280. The Bertz CT molecular complexity index is 400. The summed E-state index contributed by atoms with van der Waals surface area (Å²) in [6.45, 7) is 12.2. The number of rotatable bonds is 10. The fourth-order valence-corrected chi connectivity index (χ4v) is 2.14. The minimum Gasteiger partial charge on any atom is -0.494 e. The van der Waals surface area contributed by atoms with Crippen LogP contribution in [-0.2, 0) is 0 Å². The van der Waals surface area contributed by atoms with Crippen molar-refractivity contribution in [3.63, 3.8) is 0 Å². The Morgan fingerprint density at radius 2 is 2.15 bits per heavy atom. The average molecular weight is 275 g/mol. The van der Waals surface area contributed by atoms with Crippen molar-refractivity contribution in [1.29, 1.82) is 0 Å². The molecule has 1 N–H and O–H groups in total. The summed E-state index contributed by atoms with van der Waals surface area (Å²) in [6, 6.07) is 8.76. The highest BCUT2D eigenvalue weighted by Gasteiger charge is 2.08. The van der Waals surface area contributed by atoms with Crippen LogP contribution in [0.2, 0.25) is 0 Å². The highest BCUT2D eigenvalue weighted by molar-refractivity contribution is 5.27. The molecule has 0 fully saturated rings. The van der Waals surface area contributed by atoms with Crippen LogP contribution >= 0.6 is 0 Å². The van der Waals surface area contributed by atoms with Crippen LogP contribution in [-0.4, -0.2) is 19.2 Å². The fraction of sp³-hybridized carbons (Fsp3) is 0.556. The molecule has 1 rings (SSSR count). The average Bonchev–Trinajstić information content (AvgIpc) is 2.41. The van der Waals surface area contributed by atoms with Gasteiger partial charge in [-0.1, -0.05) is 24.6 Å². The van der Waals surface area contributed by atoms with Gasteiger partial charge in [-0.3, -0.25) is 0 Å². The van der Waals surface area contributed by atoms with Crippen LogP contribution in [0.15, 0.2) is 36.4 Å². The van der Waals surface area contributed by atoms with E-state index in [2.05, 4.69) is 44.8 Å². The summed E-state index contributed by atoms with van der Waals surface area (Å²) in [4.78, 5) is 0. The molecule has 20 heavy (non-hydrogen) atoms. The molecular weight excluding hydrogens is 246 g/mol. The van der Waals surface area contributed by atoms with E-state index in [1.165, 1.54) is 17.6 Å². The monoisotopic (exact) mass is 275 g/mol. The molecule has 0 aliphatic heterocycles. The predicted molar refractivity (Wildman–Crippen MR) is 87.4 cm³/mol. The summed E-state index contributed by atoms with van der Waals surface area (Å²) >= 11 is 0. The molecule has 2 heteroatoms. The zero-order valence-electron chi connectivity index (χ0n) is 13.2. The zero-order chi connectivity index (χ0) is 14.8. The van der Waals surface area contributed by atoms with Gasteiger partial charge < -0.3 is 10.1 Å². The Labute approximate surface area is 124 Å². The van der Waals surface area contributed by atoms with Crippen molar-refractivity contribution < 1.29 is 4.74 Å². The van der Waals surface area contributed by atoms with Crippen LogP contribution in [0.1, 0.15) is 45.1 Å². The minimum absolute atomic E-state index is 0.524. The summed E-state index contributed by atoms with van der Waals surface area (Å²) in [5, 5.41) is 3.60. The first-order chi connectivity index (χ1) is 9.61. The fourth-order valence-electron chi connectivity index (χ4n) is 2.14. The van der Waals surface area contributed by atoms with Crippen molar-refractivity contribution in [3.05, 3.63) is 42.0 Å². The van der Waals surface area contributed by atoms with Gasteiger partial charge in [0.15, 0.2) is 0 Å². The topological polar surface area (TPSA) is 21.3 Å². The maximum Gasteiger partial charge on any atom is 0.119 e. The SMILES string of the molecule is C=C(C)CCC(CCOc1cccc(C)c1)NCCC. The van der Waals surface area contributed by atoms with Gasteiger partial charge in [-0.2, -0.15) is 0 Å². The molecule has 0 bridgehead atoms. The van der Waals surface area contributed by atoms with Gasteiger partial charge in [0.25, 0.3) is 0 Å². The van der Waals surface area contributed by atoms with E-state index >= 15 is 0 Å². The Hall–Kier alpha value is -1.28. The normalized spacial score (nSPS) is 12.2. The van der Waals surface area contributed by atoms with Gasteiger partial charge in [-0.05, 0) is 63.8 Å². The van der Waals surface area contributed by atoms with Crippen molar-refractivity contribution in [2.24, 2.45) is 0 Å². The van der Waals surface area contributed by atoms with Crippen LogP contribution in [0, 0.1) is 6.92 Å². The second kappa shape index (κ2) is 9.60. The van der Waals surface area contributed by atoms with Gasteiger partial charge in [0.1, 0.15) is 5.75 Å². The summed E-state index contributed by atoms with van der Waals surface area (Å²) < 4.78 is 5.84. The van der Waals surface area contributed by atoms with E-state index in [1.54, 1.807) is 0 Å². The Morgan fingerprint density at radius 3 is 2.80 bits per heavy atom. The standard InChI is InChI=1S/C18H29NO/c1-5-12-19-17(10-9-15(2)3)11-13-20-18-8-6-7-16(4)14-18/h6-8,14,17,19H,2,5,9-13H2,1,3-4H3. The molecule has 0 radical (unpaired) electrons. The molecule has 0 amide bonds. The number of allylic oxidation sites excluding steroid dienone is 1. The van der Waals surface area contributed by atoms with Crippen LogP contribution in [0.5, 0.6) is 5.75 Å². The van der Waals surface area contributed by atoms with E-state index in [-0.39, 0.29) is 0 Å². The number of hydrogen-bond donors (Lipinski definition) is 1. The molecule has 0 saturated carbocycles. The quantitative estimate of drug-likeness (QED) is 0.635. The highest BCUT2D eigenvalue weighted by atomic mass is 16.5. The molecule has 112 valence electrons. The van der Waals surface area contributed by atoms with Gasteiger partial charge in [-0.25, -0.2) is 0 Å². The first-order valence-corrected chi connectivity index (χ1v) is 7.69. The van der Waals surface area contributed by atoms with Crippen molar-refractivity contribution in [3.8, 4) is 5.75 Å². The van der Waals surface area contributed by atoms with E-state index < -0.39 is 0 Å². The number of hydrogen-bond acceptors (Lipinski definition) is 2. The largest absolute Gasteiger partial charge is 0.494 e.